The molecule has 1 saturated carbocycles. The van der Waals surface area contributed by atoms with Crippen molar-refractivity contribution in [2.45, 2.75) is 50.8 Å². The van der Waals surface area contributed by atoms with Gasteiger partial charge in [-0.05, 0) is 30.4 Å². The van der Waals surface area contributed by atoms with E-state index in [1.807, 2.05) is 0 Å². The molecule has 1 aromatic rings. The second-order valence-corrected chi connectivity index (χ2v) is 5.47. The van der Waals surface area contributed by atoms with Crippen molar-refractivity contribution >= 4 is 5.69 Å². The van der Waals surface area contributed by atoms with Gasteiger partial charge in [0.15, 0.2) is 0 Å². The summed E-state index contributed by atoms with van der Waals surface area (Å²) in [4.78, 5) is 0. The third-order valence-electron chi connectivity index (χ3n) is 4.22. The van der Waals surface area contributed by atoms with Gasteiger partial charge in [-0.25, -0.2) is 0 Å². The van der Waals surface area contributed by atoms with Crippen LogP contribution >= 0.6 is 0 Å². The summed E-state index contributed by atoms with van der Waals surface area (Å²) in [6.07, 6.45) is 5.42. The third kappa shape index (κ3) is 2.38. The van der Waals surface area contributed by atoms with E-state index in [0.29, 0.717) is 0 Å². The van der Waals surface area contributed by atoms with E-state index in [0.717, 1.165) is 32.4 Å². The number of anilines is 1. The highest BCUT2D eigenvalue weighted by Gasteiger charge is 2.23. The van der Waals surface area contributed by atoms with E-state index < -0.39 is 0 Å². The lowest BCUT2D eigenvalue weighted by atomic mass is 9.92. The Balaban J connectivity index is 1.65. The molecule has 2 atom stereocenters. The van der Waals surface area contributed by atoms with Crippen LogP contribution in [0.15, 0.2) is 18.2 Å². The van der Waals surface area contributed by atoms with Crippen LogP contribution < -0.4 is 10.6 Å². The molecular formula is C15H22N2O. The molecule has 3 nitrogen and oxygen atoms in total. The minimum atomic E-state index is -0.163. The molecule has 18 heavy (non-hydrogen) atoms. The van der Waals surface area contributed by atoms with Gasteiger partial charge in [0.25, 0.3) is 0 Å². The van der Waals surface area contributed by atoms with Gasteiger partial charge in [0, 0.05) is 24.8 Å². The molecule has 2 unspecified atom stereocenters. The van der Waals surface area contributed by atoms with Gasteiger partial charge in [-0.2, -0.15) is 0 Å². The van der Waals surface area contributed by atoms with Gasteiger partial charge in [-0.3, -0.25) is 0 Å². The van der Waals surface area contributed by atoms with Gasteiger partial charge in [0.1, 0.15) is 0 Å². The summed E-state index contributed by atoms with van der Waals surface area (Å²) in [5.74, 6) is 0. The van der Waals surface area contributed by atoms with Crippen molar-refractivity contribution in [3.05, 3.63) is 29.3 Å². The summed E-state index contributed by atoms with van der Waals surface area (Å²) >= 11 is 0. The van der Waals surface area contributed by atoms with Crippen molar-refractivity contribution in [1.82, 2.24) is 5.32 Å². The van der Waals surface area contributed by atoms with E-state index in [1.54, 1.807) is 0 Å². The van der Waals surface area contributed by atoms with E-state index in [2.05, 4.69) is 28.8 Å². The maximum atomic E-state index is 9.96. The smallest absolute Gasteiger partial charge is 0.0693 e. The number of nitrogens with one attached hydrogen (secondary N) is 2. The number of aliphatic hydroxyl groups excluding tert-OH is 1. The van der Waals surface area contributed by atoms with Crippen LogP contribution in [-0.4, -0.2) is 23.8 Å². The van der Waals surface area contributed by atoms with E-state index in [-0.39, 0.29) is 12.1 Å². The average Bonchev–Trinajstić information content (AvgIpc) is 2.86. The Bertz CT molecular complexity index is 419. The predicted octanol–water partition coefficient (Wildman–Crippen LogP) is 2.05. The molecule has 0 amide bonds. The number of para-hydroxylation sites is 1. The molecule has 1 fully saturated rings. The summed E-state index contributed by atoms with van der Waals surface area (Å²) in [7, 11) is 0. The quantitative estimate of drug-likeness (QED) is 0.765. The van der Waals surface area contributed by atoms with Crippen LogP contribution in [0, 0.1) is 0 Å². The predicted molar refractivity (Wildman–Crippen MR) is 73.7 cm³/mol. The number of hydrogen-bond acceptors (Lipinski definition) is 3. The highest BCUT2D eigenvalue weighted by atomic mass is 16.3. The van der Waals surface area contributed by atoms with Crippen LogP contribution in [0.5, 0.6) is 0 Å². The molecule has 1 heterocycles. The van der Waals surface area contributed by atoms with E-state index >= 15 is 0 Å². The van der Waals surface area contributed by atoms with Gasteiger partial charge in [0.2, 0.25) is 0 Å². The summed E-state index contributed by atoms with van der Waals surface area (Å²) < 4.78 is 0. The van der Waals surface area contributed by atoms with Gasteiger partial charge < -0.3 is 15.7 Å². The Kier molecular flexibility index (Phi) is 3.52. The molecule has 1 aromatic carbocycles. The van der Waals surface area contributed by atoms with Crippen molar-refractivity contribution in [1.29, 1.82) is 0 Å². The second kappa shape index (κ2) is 5.29. The first-order valence-electron chi connectivity index (χ1n) is 7.10. The van der Waals surface area contributed by atoms with Crippen LogP contribution in [0.2, 0.25) is 0 Å². The van der Waals surface area contributed by atoms with E-state index in [9.17, 15) is 5.11 Å². The third-order valence-corrected chi connectivity index (χ3v) is 4.22. The summed E-state index contributed by atoms with van der Waals surface area (Å²) in [6, 6.07) is 6.80. The lowest BCUT2D eigenvalue weighted by molar-refractivity contribution is 0.0903. The van der Waals surface area contributed by atoms with Gasteiger partial charge >= 0.3 is 0 Å². The first kappa shape index (κ1) is 12.0. The topological polar surface area (TPSA) is 44.3 Å². The minimum Gasteiger partial charge on any atom is -0.392 e. The molecule has 1 aliphatic heterocycles. The largest absolute Gasteiger partial charge is 0.392 e. The van der Waals surface area contributed by atoms with E-state index in [4.69, 9.17) is 0 Å². The number of fused-ring (bicyclic) bond motifs is 1. The molecule has 0 radical (unpaired) electrons. The van der Waals surface area contributed by atoms with Crippen molar-refractivity contribution in [3.8, 4) is 0 Å². The van der Waals surface area contributed by atoms with Gasteiger partial charge in [-0.1, -0.05) is 31.0 Å². The fourth-order valence-corrected chi connectivity index (χ4v) is 3.15. The summed E-state index contributed by atoms with van der Waals surface area (Å²) in [6.45, 7) is 1.91. The molecule has 0 bridgehead atoms. The normalized spacial score (nSPS) is 26.7. The number of aliphatic hydroxyl groups is 1. The van der Waals surface area contributed by atoms with Crippen LogP contribution in [0.25, 0.3) is 0 Å². The Morgan fingerprint density at radius 3 is 3.06 bits per heavy atom. The second-order valence-electron chi connectivity index (χ2n) is 5.47. The van der Waals surface area contributed by atoms with Crippen LogP contribution in [0.1, 0.15) is 36.8 Å². The number of benzene rings is 1. The van der Waals surface area contributed by atoms with Crippen molar-refractivity contribution < 1.29 is 5.11 Å². The van der Waals surface area contributed by atoms with Crippen LogP contribution in [-0.2, 0) is 13.0 Å². The zero-order chi connectivity index (χ0) is 12.4. The Hall–Kier alpha value is -1.06. The summed E-state index contributed by atoms with van der Waals surface area (Å²) in [5.41, 5.74) is 4.08. The SMILES string of the molecule is OC1CCCCC1NCc1cccc2c1NCC2. The van der Waals surface area contributed by atoms with Gasteiger partial charge in [-0.15, -0.1) is 0 Å². The van der Waals surface area contributed by atoms with Crippen molar-refractivity contribution in [2.75, 3.05) is 11.9 Å². The Morgan fingerprint density at radius 1 is 1.28 bits per heavy atom. The lowest BCUT2D eigenvalue weighted by Crippen LogP contribution is -2.41. The Morgan fingerprint density at radius 2 is 2.17 bits per heavy atom. The molecule has 98 valence electrons. The van der Waals surface area contributed by atoms with Crippen molar-refractivity contribution in [3.63, 3.8) is 0 Å². The fraction of sp³-hybridized carbons (Fsp3) is 0.600. The van der Waals surface area contributed by atoms with Crippen LogP contribution in [0.4, 0.5) is 5.69 Å². The van der Waals surface area contributed by atoms with E-state index in [1.165, 1.54) is 29.7 Å². The average molecular weight is 246 g/mol. The van der Waals surface area contributed by atoms with Crippen LogP contribution in [0.3, 0.4) is 0 Å². The first-order valence-corrected chi connectivity index (χ1v) is 7.10. The molecular weight excluding hydrogens is 224 g/mol. The maximum Gasteiger partial charge on any atom is 0.0693 e. The molecule has 0 saturated heterocycles. The molecule has 3 rings (SSSR count). The zero-order valence-electron chi connectivity index (χ0n) is 10.8. The van der Waals surface area contributed by atoms with Gasteiger partial charge in [0.05, 0.1) is 6.10 Å². The highest BCUT2D eigenvalue weighted by molar-refractivity contribution is 5.61. The molecule has 3 N–H and O–H groups in total. The Labute approximate surface area is 109 Å². The van der Waals surface area contributed by atoms with Crippen molar-refractivity contribution in [2.24, 2.45) is 0 Å². The monoisotopic (exact) mass is 246 g/mol. The molecule has 2 aliphatic rings. The number of hydrogen-bond donors (Lipinski definition) is 3. The maximum absolute atomic E-state index is 9.96. The minimum absolute atomic E-state index is 0.163. The summed E-state index contributed by atoms with van der Waals surface area (Å²) in [5, 5.41) is 17.0. The molecule has 0 aromatic heterocycles. The highest BCUT2D eigenvalue weighted by Crippen LogP contribution is 2.27. The zero-order valence-corrected chi connectivity index (χ0v) is 10.8. The first-order chi connectivity index (χ1) is 8.84. The molecule has 1 aliphatic carbocycles. The standard InChI is InChI=1S/C15H22N2O/c18-14-7-2-1-6-13(14)17-10-12-5-3-4-11-8-9-16-15(11)12/h3-5,13-14,16-18H,1-2,6-10H2. The molecule has 3 heteroatoms. The number of rotatable bonds is 3. The fourth-order valence-electron chi connectivity index (χ4n) is 3.15. The molecule has 0 spiro atoms. The lowest BCUT2D eigenvalue weighted by Gasteiger charge is -2.28.